The fourth-order valence-electron chi connectivity index (χ4n) is 2.70. The molecule has 1 nitrogen and oxygen atoms in total. The Balaban J connectivity index is 2.28. The van der Waals surface area contributed by atoms with E-state index in [0.717, 1.165) is 30.7 Å². The molecule has 106 valence electrons. The molecule has 0 spiro atoms. The van der Waals surface area contributed by atoms with Crippen LogP contribution < -0.4 is 5.32 Å². The average molecular weight is 285 g/mol. The fraction of sp³-hybridized carbons (Fsp3) is 0.600. The van der Waals surface area contributed by atoms with E-state index in [9.17, 15) is 8.78 Å². The third kappa shape index (κ3) is 3.29. The normalized spacial score (nSPS) is 24.6. The molecule has 0 aliphatic carbocycles. The van der Waals surface area contributed by atoms with E-state index in [0.29, 0.717) is 0 Å². The van der Waals surface area contributed by atoms with Gasteiger partial charge in [0.15, 0.2) is 11.6 Å². The molecule has 1 fully saturated rings. The molecule has 0 amide bonds. The molecule has 1 N–H and O–H groups in total. The molecule has 1 aliphatic rings. The van der Waals surface area contributed by atoms with Crippen LogP contribution in [0.3, 0.4) is 0 Å². The Bertz CT molecular complexity index is 430. The number of thioether (sulfide) groups is 1. The molecule has 19 heavy (non-hydrogen) atoms. The number of rotatable bonds is 5. The van der Waals surface area contributed by atoms with Gasteiger partial charge in [0.05, 0.1) is 0 Å². The van der Waals surface area contributed by atoms with E-state index < -0.39 is 11.6 Å². The summed E-state index contributed by atoms with van der Waals surface area (Å²) in [5.41, 5.74) is 0.851. The summed E-state index contributed by atoms with van der Waals surface area (Å²) in [4.78, 5) is 0. The van der Waals surface area contributed by atoms with Crippen LogP contribution in [0.5, 0.6) is 0 Å². The summed E-state index contributed by atoms with van der Waals surface area (Å²) in [5, 5.41) is 3.50. The van der Waals surface area contributed by atoms with Crippen LogP contribution in [0.2, 0.25) is 0 Å². The minimum atomic E-state index is -0.776. The van der Waals surface area contributed by atoms with Gasteiger partial charge in [0.2, 0.25) is 0 Å². The van der Waals surface area contributed by atoms with Gasteiger partial charge in [-0.1, -0.05) is 13.0 Å². The van der Waals surface area contributed by atoms with Gasteiger partial charge in [-0.15, -0.1) is 0 Å². The van der Waals surface area contributed by atoms with E-state index in [2.05, 4.69) is 19.2 Å². The third-order valence-electron chi connectivity index (χ3n) is 3.74. The van der Waals surface area contributed by atoms with Crippen LogP contribution in [-0.4, -0.2) is 17.0 Å². The maximum absolute atomic E-state index is 13.5. The highest BCUT2D eigenvalue weighted by Gasteiger charge is 2.38. The number of benzene rings is 1. The molecule has 0 bridgehead atoms. The van der Waals surface area contributed by atoms with Gasteiger partial charge in [0, 0.05) is 10.8 Å². The van der Waals surface area contributed by atoms with Crippen LogP contribution in [0.1, 0.15) is 44.7 Å². The largest absolute Gasteiger partial charge is 0.309 e. The smallest absolute Gasteiger partial charge is 0.159 e. The second kappa shape index (κ2) is 6.23. The van der Waals surface area contributed by atoms with E-state index in [4.69, 9.17) is 0 Å². The van der Waals surface area contributed by atoms with Crippen molar-refractivity contribution in [3.8, 4) is 0 Å². The van der Waals surface area contributed by atoms with Crippen molar-refractivity contribution < 1.29 is 8.78 Å². The monoisotopic (exact) mass is 285 g/mol. The van der Waals surface area contributed by atoms with Crippen molar-refractivity contribution in [3.05, 3.63) is 35.4 Å². The van der Waals surface area contributed by atoms with Crippen molar-refractivity contribution in [2.45, 2.75) is 43.9 Å². The van der Waals surface area contributed by atoms with Crippen LogP contribution in [0.25, 0.3) is 0 Å². The molecule has 0 aromatic heterocycles. The Kier molecular flexibility index (Phi) is 4.85. The lowest BCUT2D eigenvalue weighted by Crippen LogP contribution is -2.38. The van der Waals surface area contributed by atoms with Gasteiger partial charge in [-0.3, -0.25) is 0 Å². The van der Waals surface area contributed by atoms with Crippen molar-refractivity contribution in [1.82, 2.24) is 5.32 Å². The molecule has 4 heteroatoms. The summed E-state index contributed by atoms with van der Waals surface area (Å²) in [6.45, 7) is 5.22. The zero-order valence-corrected chi connectivity index (χ0v) is 12.3. The first-order valence-corrected chi connectivity index (χ1v) is 7.87. The molecule has 2 rings (SSSR count). The lowest BCUT2D eigenvalue weighted by molar-refractivity contribution is 0.409. The molecular weight excluding hydrogens is 264 g/mol. The van der Waals surface area contributed by atoms with E-state index >= 15 is 0 Å². The van der Waals surface area contributed by atoms with Gasteiger partial charge in [-0.05, 0) is 56.2 Å². The molecule has 1 aromatic carbocycles. The number of hydrogen-bond acceptors (Lipinski definition) is 2. The Morgan fingerprint density at radius 3 is 2.74 bits per heavy atom. The first-order valence-electron chi connectivity index (χ1n) is 6.89. The lowest BCUT2D eigenvalue weighted by atomic mass is 9.90. The molecular formula is C15H21F2NS. The Hall–Kier alpha value is -0.610. The SMILES string of the molecule is CCCNC(c1ccc(F)c(F)c1)C1(C)CCCS1. The van der Waals surface area contributed by atoms with Crippen LogP contribution in [-0.2, 0) is 0 Å². The fourth-order valence-corrected chi connectivity index (χ4v) is 4.13. The Labute approximate surface area is 118 Å². The second-order valence-electron chi connectivity index (χ2n) is 5.33. The topological polar surface area (TPSA) is 12.0 Å². The van der Waals surface area contributed by atoms with E-state index in [1.807, 2.05) is 11.8 Å². The molecule has 0 saturated carbocycles. The van der Waals surface area contributed by atoms with E-state index in [1.54, 1.807) is 6.07 Å². The van der Waals surface area contributed by atoms with Crippen LogP contribution >= 0.6 is 11.8 Å². The average Bonchev–Trinajstić information content (AvgIpc) is 2.82. The minimum Gasteiger partial charge on any atom is -0.309 e. The summed E-state index contributed by atoms with van der Waals surface area (Å²) in [5.74, 6) is -0.389. The zero-order valence-electron chi connectivity index (χ0n) is 11.5. The molecule has 1 saturated heterocycles. The van der Waals surface area contributed by atoms with Crippen LogP contribution in [0.4, 0.5) is 8.78 Å². The minimum absolute atomic E-state index is 0.0689. The van der Waals surface area contributed by atoms with Crippen molar-refractivity contribution in [2.24, 2.45) is 0 Å². The quantitative estimate of drug-likeness (QED) is 0.866. The summed E-state index contributed by atoms with van der Waals surface area (Å²) < 4.78 is 26.6. The van der Waals surface area contributed by atoms with Gasteiger partial charge in [-0.2, -0.15) is 11.8 Å². The molecule has 1 aromatic rings. The molecule has 1 aliphatic heterocycles. The highest BCUT2D eigenvalue weighted by Crippen LogP contribution is 2.46. The van der Waals surface area contributed by atoms with Gasteiger partial charge < -0.3 is 5.32 Å². The van der Waals surface area contributed by atoms with E-state index in [-0.39, 0.29) is 10.8 Å². The zero-order chi connectivity index (χ0) is 13.9. The maximum atomic E-state index is 13.5. The number of nitrogens with one attached hydrogen (secondary N) is 1. The van der Waals surface area contributed by atoms with Gasteiger partial charge in [0.1, 0.15) is 0 Å². The lowest BCUT2D eigenvalue weighted by Gasteiger charge is -2.34. The highest BCUT2D eigenvalue weighted by molar-refractivity contribution is 8.00. The summed E-state index contributed by atoms with van der Waals surface area (Å²) in [6.07, 6.45) is 3.33. The molecule has 2 unspecified atom stereocenters. The summed E-state index contributed by atoms with van der Waals surface area (Å²) in [6, 6.07) is 4.35. The summed E-state index contributed by atoms with van der Waals surface area (Å²) >= 11 is 1.93. The Morgan fingerprint density at radius 2 is 2.16 bits per heavy atom. The van der Waals surface area contributed by atoms with Crippen molar-refractivity contribution in [2.75, 3.05) is 12.3 Å². The van der Waals surface area contributed by atoms with Gasteiger partial charge in [-0.25, -0.2) is 8.78 Å². The second-order valence-corrected chi connectivity index (χ2v) is 6.95. The van der Waals surface area contributed by atoms with Crippen molar-refractivity contribution in [1.29, 1.82) is 0 Å². The standard InChI is InChI=1S/C15H21F2NS/c1-3-8-18-14(15(2)7-4-9-19-15)11-5-6-12(16)13(17)10-11/h5-6,10,14,18H,3-4,7-9H2,1-2H3. The van der Waals surface area contributed by atoms with Crippen LogP contribution in [0.15, 0.2) is 18.2 Å². The maximum Gasteiger partial charge on any atom is 0.159 e. The van der Waals surface area contributed by atoms with Gasteiger partial charge in [0.25, 0.3) is 0 Å². The third-order valence-corrected chi connectivity index (χ3v) is 5.33. The van der Waals surface area contributed by atoms with E-state index in [1.165, 1.54) is 18.6 Å². The number of halogens is 2. The van der Waals surface area contributed by atoms with Gasteiger partial charge >= 0.3 is 0 Å². The first kappa shape index (κ1) is 14.8. The molecule has 2 atom stereocenters. The van der Waals surface area contributed by atoms with Crippen LogP contribution in [0, 0.1) is 11.6 Å². The number of hydrogen-bond donors (Lipinski definition) is 1. The summed E-state index contributed by atoms with van der Waals surface area (Å²) in [7, 11) is 0. The molecule has 0 radical (unpaired) electrons. The predicted molar refractivity (Wildman–Crippen MR) is 77.5 cm³/mol. The Morgan fingerprint density at radius 1 is 1.37 bits per heavy atom. The first-order chi connectivity index (χ1) is 9.07. The van der Waals surface area contributed by atoms with Crippen molar-refractivity contribution >= 4 is 11.8 Å². The predicted octanol–water partition coefficient (Wildman–Crippen LogP) is 4.29. The van der Waals surface area contributed by atoms with Crippen molar-refractivity contribution in [3.63, 3.8) is 0 Å². The molecule has 1 heterocycles. The highest BCUT2D eigenvalue weighted by atomic mass is 32.2.